The van der Waals surface area contributed by atoms with E-state index < -0.39 is 6.10 Å². The van der Waals surface area contributed by atoms with Crippen molar-refractivity contribution in [2.45, 2.75) is 31.8 Å². The molecule has 88 valence electrons. The summed E-state index contributed by atoms with van der Waals surface area (Å²) >= 11 is 0. The Balaban J connectivity index is 2.22. The Bertz CT molecular complexity index is 423. The fraction of sp³-hybridized carbons (Fsp3) is 0.636. The Hall–Kier alpha value is -1.36. The molecule has 2 rings (SSSR count). The smallest absolute Gasteiger partial charge is 0.252 e. The lowest BCUT2D eigenvalue weighted by molar-refractivity contribution is 0.201. The van der Waals surface area contributed by atoms with Crippen molar-refractivity contribution in [2.75, 3.05) is 18.5 Å². The van der Waals surface area contributed by atoms with Crippen LogP contribution < -0.4 is 10.5 Å². The molecule has 1 aromatic rings. The molecule has 2 N–H and O–H groups in total. The highest BCUT2D eigenvalue weighted by Gasteiger charge is 2.26. The Morgan fingerprint density at radius 3 is 2.94 bits per heavy atom. The highest BCUT2D eigenvalue weighted by atomic mass is 16.3. The van der Waals surface area contributed by atoms with Crippen molar-refractivity contribution < 1.29 is 5.11 Å². The molecule has 1 aliphatic carbocycles. The first kappa shape index (κ1) is 11.1. The van der Waals surface area contributed by atoms with Gasteiger partial charge in [0.1, 0.15) is 11.6 Å². The van der Waals surface area contributed by atoms with Crippen LogP contribution in [0.5, 0.6) is 0 Å². The van der Waals surface area contributed by atoms with E-state index in [9.17, 15) is 9.90 Å². The summed E-state index contributed by atoms with van der Waals surface area (Å²) in [6.07, 6.45) is 1.77. The SMILES string of the molecule is CC(O)CN(C)c1cc(=O)[nH]c(C2CC2)n1. The zero-order valence-electron chi connectivity index (χ0n) is 9.60. The van der Waals surface area contributed by atoms with E-state index >= 15 is 0 Å². The normalized spacial score (nSPS) is 17.2. The lowest BCUT2D eigenvalue weighted by Gasteiger charge is -2.19. The molecule has 1 saturated carbocycles. The summed E-state index contributed by atoms with van der Waals surface area (Å²) in [4.78, 5) is 20.4. The first-order valence-corrected chi connectivity index (χ1v) is 5.56. The summed E-state index contributed by atoms with van der Waals surface area (Å²) < 4.78 is 0. The van der Waals surface area contributed by atoms with E-state index in [4.69, 9.17) is 0 Å². The lowest BCUT2D eigenvalue weighted by atomic mass is 10.3. The van der Waals surface area contributed by atoms with Crippen molar-refractivity contribution in [1.29, 1.82) is 0 Å². The van der Waals surface area contributed by atoms with Crippen LogP contribution >= 0.6 is 0 Å². The van der Waals surface area contributed by atoms with Gasteiger partial charge in [0.05, 0.1) is 6.10 Å². The third kappa shape index (κ3) is 2.61. The molecular weight excluding hydrogens is 206 g/mol. The molecule has 1 aliphatic rings. The van der Waals surface area contributed by atoms with Crippen LogP contribution in [-0.2, 0) is 0 Å². The number of rotatable bonds is 4. The number of nitrogens with one attached hydrogen (secondary N) is 1. The highest BCUT2D eigenvalue weighted by Crippen LogP contribution is 2.37. The Labute approximate surface area is 94.1 Å². The number of anilines is 1. The van der Waals surface area contributed by atoms with Crippen LogP contribution in [0.2, 0.25) is 0 Å². The van der Waals surface area contributed by atoms with Crippen molar-refractivity contribution in [3.63, 3.8) is 0 Å². The van der Waals surface area contributed by atoms with E-state index in [0.717, 1.165) is 18.7 Å². The molecular formula is C11H17N3O2. The number of hydrogen-bond donors (Lipinski definition) is 2. The molecule has 0 aliphatic heterocycles. The van der Waals surface area contributed by atoms with Crippen molar-refractivity contribution >= 4 is 5.82 Å². The fourth-order valence-corrected chi connectivity index (χ4v) is 1.70. The second-order valence-corrected chi connectivity index (χ2v) is 4.49. The van der Waals surface area contributed by atoms with Crippen molar-refractivity contribution in [3.05, 3.63) is 22.2 Å². The Morgan fingerprint density at radius 1 is 1.69 bits per heavy atom. The molecule has 16 heavy (non-hydrogen) atoms. The quantitative estimate of drug-likeness (QED) is 0.778. The number of hydrogen-bond acceptors (Lipinski definition) is 4. The topological polar surface area (TPSA) is 69.2 Å². The second-order valence-electron chi connectivity index (χ2n) is 4.49. The summed E-state index contributed by atoms with van der Waals surface area (Å²) in [5, 5.41) is 9.29. The van der Waals surface area contributed by atoms with Gasteiger partial charge in [0, 0.05) is 25.6 Å². The molecule has 1 atom stereocenters. The highest BCUT2D eigenvalue weighted by molar-refractivity contribution is 5.37. The molecule has 1 fully saturated rings. The summed E-state index contributed by atoms with van der Waals surface area (Å²) in [5.41, 5.74) is -0.121. The van der Waals surface area contributed by atoms with E-state index in [0.29, 0.717) is 18.3 Å². The van der Waals surface area contributed by atoms with Gasteiger partial charge in [0.15, 0.2) is 0 Å². The Morgan fingerprint density at radius 2 is 2.38 bits per heavy atom. The molecule has 5 heteroatoms. The number of aromatic amines is 1. The van der Waals surface area contributed by atoms with Gasteiger partial charge in [-0.25, -0.2) is 4.98 Å². The van der Waals surface area contributed by atoms with E-state index in [1.54, 1.807) is 11.8 Å². The van der Waals surface area contributed by atoms with Crippen LogP contribution in [0.15, 0.2) is 10.9 Å². The third-order valence-electron chi connectivity index (χ3n) is 2.64. The van der Waals surface area contributed by atoms with Gasteiger partial charge in [0.2, 0.25) is 0 Å². The van der Waals surface area contributed by atoms with Crippen LogP contribution in [0.4, 0.5) is 5.82 Å². The number of aliphatic hydroxyl groups is 1. The summed E-state index contributed by atoms with van der Waals surface area (Å²) in [6.45, 7) is 2.19. The number of aliphatic hydroxyl groups excluding tert-OH is 1. The maximum Gasteiger partial charge on any atom is 0.252 e. The van der Waals surface area contributed by atoms with Crippen molar-refractivity contribution in [1.82, 2.24) is 9.97 Å². The molecule has 0 bridgehead atoms. The molecule has 1 aromatic heterocycles. The fourth-order valence-electron chi connectivity index (χ4n) is 1.70. The number of likely N-dealkylation sites (N-methyl/N-ethyl adjacent to an activating group) is 1. The van der Waals surface area contributed by atoms with Gasteiger partial charge >= 0.3 is 0 Å². The van der Waals surface area contributed by atoms with Crippen LogP contribution in [0.25, 0.3) is 0 Å². The minimum Gasteiger partial charge on any atom is -0.392 e. The number of aromatic nitrogens is 2. The molecule has 0 saturated heterocycles. The van der Waals surface area contributed by atoms with Crippen molar-refractivity contribution in [3.8, 4) is 0 Å². The third-order valence-corrected chi connectivity index (χ3v) is 2.64. The van der Waals surface area contributed by atoms with Crippen LogP contribution in [0.3, 0.4) is 0 Å². The molecule has 1 unspecified atom stereocenters. The van der Waals surface area contributed by atoms with Gasteiger partial charge in [-0.05, 0) is 19.8 Å². The molecule has 0 amide bonds. The maximum atomic E-state index is 11.4. The average Bonchev–Trinajstić information content (AvgIpc) is 2.98. The standard InChI is InChI=1S/C11H17N3O2/c1-7(15)6-14(2)9-5-10(16)13-11(12-9)8-3-4-8/h5,7-8,15H,3-4,6H2,1-2H3,(H,12,13,16). The van der Waals surface area contributed by atoms with E-state index in [2.05, 4.69) is 9.97 Å². The predicted molar refractivity (Wildman–Crippen MR) is 61.8 cm³/mol. The van der Waals surface area contributed by atoms with Gasteiger partial charge in [-0.15, -0.1) is 0 Å². The van der Waals surface area contributed by atoms with E-state index in [1.807, 2.05) is 7.05 Å². The van der Waals surface area contributed by atoms with E-state index in [-0.39, 0.29) is 5.56 Å². The molecule has 0 spiro atoms. The van der Waals surface area contributed by atoms with Gasteiger partial charge in [0.25, 0.3) is 5.56 Å². The van der Waals surface area contributed by atoms with Gasteiger partial charge in [-0.2, -0.15) is 0 Å². The maximum absolute atomic E-state index is 11.4. The van der Waals surface area contributed by atoms with Crippen LogP contribution in [0, 0.1) is 0 Å². The van der Waals surface area contributed by atoms with Gasteiger partial charge in [-0.1, -0.05) is 0 Å². The monoisotopic (exact) mass is 223 g/mol. The van der Waals surface area contributed by atoms with E-state index in [1.165, 1.54) is 6.07 Å². The molecule has 0 aromatic carbocycles. The van der Waals surface area contributed by atoms with Gasteiger partial charge in [-0.3, -0.25) is 4.79 Å². The number of H-pyrrole nitrogens is 1. The first-order chi connectivity index (χ1) is 7.56. The number of nitrogens with zero attached hydrogens (tertiary/aromatic N) is 2. The minimum atomic E-state index is -0.435. The van der Waals surface area contributed by atoms with Crippen LogP contribution in [0.1, 0.15) is 31.5 Å². The largest absolute Gasteiger partial charge is 0.392 e. The minimum absolute atomic E-state index is 0.121. The lowest BCUT2D eigenvalue weighted by Crippen LogP contribution is -2.29. The molecule has 1 heterocycles. The zero-order valence-corrected chi connectivity index (χ0v) is 9.60. The van der Waals surface area contributed by atoms with Gasteiger partial charge < -0.3 is 15.0 Å². The molecule has 5 nitrogen and oxygen atoms in total. The predicted octanol–water partition coefficient (Wildman–Crippen LogP) is 0.464. The summed E-state index contributed by atoms with van der Waals surface area (Å²) in [7, 11) is 1.82. The van der Waals surface area contributed by atoms with Crippen molar-refractivity contribution in [2.24, 2.45) is 0 Å². The second kappa shape index (κ2) is 4.25. The average molecular weight is 223 g/mol. The zero-order chi connectivity index (χ0) is 11.7. The molecule has 0 radical (unpaired) electrons. The summed E-state index contributed by atoms with van der Waals surface area (Å²) in [6, 6.07) is 1.47. The first-order valence-electron chi connectivity index (χ1n) is 5.56. The summed E-state index contributed by atoms with van der Waals surface area (Å²) in [5.74, 6) is 1.83. The van der Waals surface area contributed by atoms with Crippen LogP contribution in [-0.4, -0.2) is 34.8 Å². The Kier molecular flexibility index (Phi) is 2.96.